The predicted molar refractivity (Wildman–Crippen MR) is 94.6 cm³/mol. The van der Waals surface area contributed by atoms with E-state index < -0.39 is 6.10 Å². The number of nitrogens with zero attached hydrogens (tertiary/aromatic N) is 2. The number of carbonyl (C=O) groups excluding carboxylic acids is 1. The van der Waals surface area contributed by atoms with Crippen LogP contribution in [0.1, 0.15) is 24.1 Å². The number of aliphatic hydroxyl groups is 1. The van der Waals surface area contributed by atoms with Crippen molar-refractivity contribution in [2.24, 2.45) is 0 Å². The first-order valence-corrected chi connectivity index (χ1v) is 8.75. The molecule has 0 bridgehead atoms. The maximum atomic E-state index is 12.4. The van der Waals surface area contributed by atoms with Crippen LogP contribution in [-0.2, 0) is 16.1 Å². The van der Waals surface area contributed by atoms with Crippen LogP contribution in [-0.4, -0.2) is 53.9 Å². The molecule has 0 saturated carbocycles. The summed E-state index contributed by atoms with van der Waals surface area (Å²) in [5, 5.41) is 10.5. The van der Waals surface area contributed by atoms with E-state index in [2.05, 4.69) is 4.98 Å². The van der Waals surface area contributed by atoms with Gasteiger partial charge in [-0.05, 0) is 24.1 Å². The fourth-order valence-corrected chi connectivity index (χ4v) is 3.87. The number of fused-ring (bicyclic) bond motifs is 5. The second-order valence-corrected chi connectivity index (χ2v) is 6.88. The lowest BCUT2D eigenvalue weighted by molar-refractivity contribution is -0.137. The lowest BCUT2D eigenvalue weighted by Crippen LogP contribution is -2.32. The number of halogens is 1. The maximum Gasteiger partial charge on any atom is 0.249 e. The molecule has 1 amide bonds. The minimum absolute atomic E-state index is 0.0332. The van der Waals surface area contributed by atoms with Crippen LogP contribution >= 0.6 is 11.6 Å². The van der Waals surface area contributed by atoms with Crippen LogP contribution in [0, 0.1) is 0 Å². The van der Waals surface area contributed by atoms with Crippen molar-refractivity contribution in [3.05, 3.63) is 28.4 Å². The quantitative estimate of drug-likeness (QED) is 0.880. The van der Waals surface area contributed by atoms with E-state index in [1.165, 1.54) is 7.11 Å². The molecule has 1 aromatic carbocycles. The highest BCUT2D eigenvalue weighted by Gasteiger charge is 2.35. The van der Waals surface area contributed by atoms with Gasteiger partial charge in [0.25, 0.3) is 0 Å². The number of aliphatic hydroxyl groups excluding tert-OH is 1. The van der Waals surface area contributed by atoms with E-state index in [9.17, 15) is 9.90 Å². The highest BCUT2D eigenvalue weighted by molar-refractivity contribution is 6.33. The lowest BCUT2D eigenvalue weighted by Gasteiger charge is -2.28. The summed E-state index contributed by atoms with van der Waals surface area (Å²) in [6.07, 6.45) is 1.32. The summed E-state index contributed by atoms with van der Waals surface area (Å²) in [5.74, 6) is 0.854. The van der Waals surface area contributed by atoms with E-state index in [0.717, 1.165) is 16.5 Å². The first-order chi connectivity index (χ1) is 12.5. The molecular weight excluding hydrogens is 360 g/mol. The first kappa shape index (κ1) is 17.3. The molecule has 3 heterocycles. The van der Waals surface area contributed by atoms with Gasteiger partial charge in [0.15, 0.2) is 17.6 Å². The normalized spacial score (nSPS) is 21.2. The summed E-state index contributed by atoms with van der Waals surface area (Å²) in [5.41, 5.74) is 2.64. The molecule has 1 aromatic heterocycles. The Morgan fingerprint density at radius 2 is 2.31 bits per heavy atom. The fraction of sp³-hybridized carbons (Fsp3) is 0.444. The average molecular weight is 379 g/mol. The van der Waals surface area contributed by atoms with Crippen molar-refractivity contribution < 1.29 is 24.1 Å². The number of hydrogen-bond donors (Lipinski definition) is 1. The molecule has 0 aliphatic carbocycles. The van der Waals surface area contributed by atoms with Crippen molar-refractivity contribution in [1.29, 1.82) is 0 Å². The number of aromatic nitrogens is 1. The Hall–Kier alpha value is -2.09. The molecule has 7 nitrogen and oxygen atoms in total. The van der Waals surface area contributed by atoms with E-state index in [1.807, 2.05) is 6.92 Å². The van der Waals surface area contributed by atoms with Gasteiger partial charge in [-0.2, -0.15) is 0 Å². The third-order valence-electron chi connectivity index (χ3n) is 4.86. The summed E-state index contributed by atoms with van der Waals surface area (Å²) in [6, 6.07) is 1.58. The van der Waals surface area contributed by atoms with Gasteiger partial charge in [-0.15, -0.1) is 0 Å². The maximum absolute atomic E-state index is 12.4. The third-order valence-corrected chi connectivity index (χ3v) is 5.14. The van der Waals surface area contributed by atoms with Crippen LogP contribution in [0.25, 0.3) is 10.9 Å². The topological polar surface area (TPSA) is 81.1 Å². The Kier molecular flexibility index (Phi) is 4.38. The number of rotatable bonds is 3. The smallest absolute Gasteiger partial charge is 0.249 e. The van der Waals surface area contributed by atoms with Crippen molar-refractivity contribution in [3.8, 4) is 11.5 Å². The average Bonchev–Trinajstić information content (AvgIpc) is 2.98. The van der Waals surface area contributed by atoms with Gasteiger partial charge in [0.2, 0.25) is 5.91 Å². The van der Waals surface area contributed by atoms with Gasteiger partial charge in [0.1, 0.15) is 13.2 Å². The summed E-state index contributed by atoms with van der Waals surface area (Å²) in [7, 11) is 1.50. The minimum Gasteiger partial charge on any atom is -0.485 e. The van der Waals surface area contributed by atoms with Gasteiger partial charge >= 0.3 is 0 Å². The Balaban J connectivity index is 1.87. The van der Waals surface area contributed by atoms with Crippen LogP contribution in [0.3, 0.4) is 0 Å². The number of ether oxygens (including phenoxy) is 3. The molecule has 4 rings (SSSR count). The number of methoxy groups -OCH3 is 1. The van der Waals surface area contributed by atoms with Gasteiger partial charge < -0.3 is 24.2 Å². The van der Waals surface area contributed by atoms with E-state index in [-0.39, 0.29) is 31.8 Å². The standard InChI is InChI=1S/C18H19ClN2O5/c1-9-15-10(5-21(9)14(23)8-24-2)4-20-13-3-12(19)17-18(16(13)15)25-7-11(6-22)26-17/h3-4,9,11,22H,5-8H2,1-2H3/t9-,11-/m0/s1. The highest BCUT2D eigenvalue weighted by atomic mass is 35.5. The summed E-state index contributed by atoms with van der Waals surface area (Å²) in [4.78, 5) is 18.6. The van der Waals surface area contributed by atoms with Crippen molar-refractivity contribution in [2.45, 2.75) is 25.6 Å². The van der Waals surface area contributed by atoms with Crippen LogP contribution in [0.5, 0.6) is 11.5 Å². The molecular formula is C18H19ClN2O5. The number of amides is 1. The van der Waals surface area contributed by atoms with Gasteiger partial charge in [-0.3, -0.25) is 9.78 Å². The van der Waals surface area contributed by atoms with Gasteiger partial charge in [-0.1, -0.05) is 11.6 Å². The van der Waals surface area contributed by atoms with Gasteiger partial charge in [0, 0.05) is 19.9 Å². The molecule has 2 aliphatic heterocycles. The molecule has 138 valence electrons. The van der Waals surface area contributed by atoms with Crippen LogP contribution in [0.2, 0.25) is 5.02 Å². The number of benzene rings is 1. The van der Waals surface area contributed by atoms with Crippen molar-refractivity contribution >= 4 is 28.4 Å². The van der Waals surface area contributed by atoms with Crippen LogP contribution < -0.4 is 9.47 Å². The molecule has 0 spiro atoms. The first-order valence-electron chi connectivity index (χ1n) is 8.37. The Labute approximate surface area is 155 Å². The lowest BCUT2D eigenvalue weighted by atomic mass is 9.99. The van der Waals surface area contributed by atoms with E-state index in [1.54, 1.807) is 17.2 Å². The molecule has 0 unspecified atom stereocenters. The Morgan fingerprint density at radius 3 is 3.04 bits per heavy atom. The zero-order chi connectivity index (χ0) is 18.4. The molecule has 2 atom stereocenters. The molecule has 1 N–H and O–H groups in total. The minimum atomic E-state index is -0.459. The van der Waals surface area contributed by atoms with Crippen molar-refractivity contribution in [3.63, 3.8) is 0 Å². The zero-order valence-electron chi connectivity index (χ0n) is 14.5. The Bertz CT molecular complexity index is 888. The Morgan fingerprint density at radius 1 is 1.50 bits per heavy atom. The van der Waals surface area contributed by atoms with Crippen molar-refractivity contribution in [2.75, 3.05) is 26.9 Å². The summed E-state index contributed by atoms with van der Waals surface area (Å²) in [6.45, 7) is 2.54. The van der Waals surface area contributed by atoms with Gasteiger partial charge in [-0.25, -0.2) is 0 Å². The molecule has 8 heteroatoms. The third kappa shape index (κ3) is 2.58. The number of hydrogen-bond acceptors (Lipinski definition) is 6. The monoisotopic (exact) mass is 378 g/mol. The zero-order valence-corrected chi connectivity index (χ0v) is 15.2. The second kappa shape index (κ2) is 6.57. The molecule has 0 radical (unpaired) electrons. The summed E-state index contributed by atoms with van der Waals surface area (Å²) >= 11 is 6.34. The van der Waals surface area contributed by atoms with E-state index >= 15 is 0 Å². The second-order valence-electron chi connectivity index (χ2n) is 6.47. The highest BCUT2D eigenvalue weighted by Crippen LogP contribution is 2.49. The van der Waals surface area contributed by atoms with E-state index in [4.69, 9.17) is 25.8 Å². The SMILES string of the molecule is COCC(=O)N1Cc2cnc3cc(Cl)c4c(c3c2[C@@H]1C)OC[C@H](CO)O4. The van der Waals surface area contributed by atoms with Crippen molar-refractivity contribution in [1.82, 2.24) is 9.88 Å². The number of pyridine rings is 1. The van der Waals surface area contributed by atoms with Crippen LogP contribution in [0.4, 0.5) is 0 Å². The molecule has 0 saturated heterocycles. The molecule has 26 heavy (non-hydrogen) atoms. The van der Waals surface area contributed by atoms with Crippen LogP contribution in [0.15, 0.2) is 12.3 Å². The predicted octanol–water partition coefficient (Wildman–Crippen LogP) is 2.07. The molecule has 2 aliphatic rings. The number of carbonyl (C=O) groups is 1. The largest absolute Gasteiger partial charge is 0.485 e. The molecule has 2 aromatic rings. The fourth-order valence-electron chi connectivity index (χ4n) is 3.64. The molecule has 0 fully saturated rings. The van der Waals surface area contributed by atoms with E-state index in [0.29, 0.717) is 28.6 Å². The summed E-state index contributed by atoms with van der Waals surface area (Å²) < 4.78 is 16.7. The van der Waals surface area contributed by atoms with Gasteiger partial charge in [0.05, 0.1) is 28.6 Å².